The fourth-order valence-electron chi connectivity index (χ4n) is 4.81. The third kappa shape index (κ3) is 4.38. The van der Waals surface area contributed by atoms with E-state index in [-0.39, 0.29) is 0 Å². The number of piperazine rings is 1. The van der Waals surface area contributed by atoms with Crippen LogP contribution in [0.5, 0.6) is 0 Å². The summed E-state index contributed by atoms with van der Waals surface area (Å²) in [6.07, 6.45) is 4.39. The lowest BCUT2D eigenvalue weighted by Crippen LogP contribution is -2.44. The smallest absolute Gasteiger partial charge is 0.225 e. The molecule has 3 fully saturated rings. The Morgan fingerprint density at radius 1 is 1.00 bits per heavy atom. The van der Waals surface area contributed by atoms with Gasteiger partial charge in [0.15, 0.2) is 22.8 Å². The lowest BCUT2D eigenvalue weighted by molar-refractivity contribution is 0.122. The molecule has 186 valence electrons. The molecule has 6 rings (SSSR count). The van der Waals surface area contributed by atoms with Crippen molar-refractivity contribution in [2.45, 2.75) is 26.3 Å². The number of nitrogens with zero attached hydrogens (tertiary/aromatic N) is 9. The highest BCUT2D eigenvalue weighted by atomic mass is 16.5. The Kier molecular flexibility index (Phi) is 5.89. The second-order valence-corrected chi connectivity index (χ2v) is 9.91. The van der Waals surface area contributed by atoms with Crippen molar-refractivity contribution >= 4 is 28.9 Å². The maximum Gasteiger partial charge on any atom is 0.225 e. The topological polar surface area (TPSA) is 100 Å². The molecule has 0 atom stereocenters. The normalized spacial score (nSPS) is 18.9. The van der Waals surface area contributed by atoms with Gasteiger partial charge in [-0.1, -0.05) is 0 Å². The van der Waals surface area contributed by atoms with Gasteiger partial charge in [0.25, 0.3) is 0 Å². The number of morpholine rings is 1. The Bertz CT molecular complexity index is 1210. The molecule has 0 spiro atoms. The van der Waals surface area contributed by atoms with Crippen LogP contribution >= 0.6 is 0 Å². The number of aromatic nitrogens is 6. The standard InChI is InChI=1S/C24H34N10O/c1-16-18(14-26-23(27-16)31(2)3)20-29-21(32-10-12-35-13-11-32)19-22(30-20)34(15-17-4-5-17)24(28-19)33-8-6-25-7-9-33/h14,17,25H,4-13,15H2,1-3H3. The summed E-state index contributed by atoms with van der Waals surface area (Å²) in [6, 6.07) is 0. The molecule has 1 saturated carbocycles. The molecule has 0 radical (unpaired) electrons. The van der Waals surface area contributed by atoms with E-state index < -0.39 is 0 Å². The number of fused-ring (bicyclic) bond motifs is 1. The fourth-order valence-corrected chi connectivity index (χ4v) is 4.81. The van der Waals surface area contributed by atoms with E-state index >= 15 is 0 Å². The maximum atomic E-state index is 5.64. The van der Waals surface area contributed by atoms with Gasteiger partial charge >= 0.3 is 0 Å². The number of anilines is 3. The van der Waals surface area contributed by atoms with Crippen LogP contribution in [-0.2, 0) is 11.3 Å². The van der Waals surface area contributed by atoms with Crippen LogP contribution in [0.1, 0.15) is 18.5 Å². The van der Waals surface area contributed by atoms with Gasteiger partial charge in [-0.3, -0.25) is 4.57 Å². The summed E-state index contributed by atoms with van der Waals surface area (Å²) >= 11 is 0. The third-order valence-electron chi connectivity index (χ3n) is 7.01. The Morgan fingerprint density at radius 3 is 2.46 bits per heavy atom. The second-order valence-electron chi connectivity index (χ2n) is 9.91. The number of hydrogen-bond acceptors (Lipinski definition) is 10. The molecule has 3 aliphatic rings. The van der Waals surface area contributed by atoms with Crippen LogP contribution in [-0.4, -0.2) is 96.1 Å². The molecule has 1 aliphatic carbocycles. The predicted octanol–water partition coefficient (Wildman–Crippen LogP) is 1.31. The van der Waals surface area contributed by atoms with Gasteiger partial charge in [-0.25, -0.2) is 24.9 Å². The zero-order valence-corrected chi connectivity index (χ0v) is 20.9. The first kappa shape index (κ1) is 22.4. The Labute approximate surface area is 205 Å². The summed E-state index contributed by atoms with van der Waals surface area (Å²) in [5.74, 6) is 3.94. The van der Waals surface area contributed by atoms with Gasteiger partial charge < -0.3 is 24.8 Å². The van der Waals surface area contributed by atoms with Crippen molar-refractivity contribution in [1.82, 2.24) is 34.8 Å². The Hall–Kier alpha value is -3.05. The second kappa shape index (κ2) is 9.19. The molecule has 0 aromatic carbocycles. The number of nitrogens with one attached hydrogen (secondary N) is 1. The van der Waals surface area contributed by atoms with Crippen molar-refractivity contribution in [1.29, 1.82) is 0 Å². The van der Waals surface area contributed by atoms with Gasteiger partial charge in [0.1, 0.15) is 0 Å². The monoisotopic (exact) mass is 478 g/mol. The molecule has 11 nitrogen and oxygen atoms in total. The van der Waals surface area contributed by atoms with E-state index in [1.807, 2.05) is 32.1 Å². The quantitative estimate of drug-likeness (QED) is 0.558. The van der Waals surface area contributed by atoms with E-state index in [1.54, 1.807) is 0 Å². The van der Waals surface area contributed by atoms with E-state index in [0.717, 1.165) is 80.0 Å². The third-order valence-corrected chi connectivity index (χ3v) is 7.01. The highest BCUT2D eigenvalue weighted by Crippen LogP contribution is 2.36. The molecule has 0 bridgehead atoms. The molecule has 2 aliphatic heterocycles. The predicted molar refractivity (Wildman–Crippen MR) is 136 cm³/mol. The number of imidazole rings is 1. The number of rotatable bonds is 6. The summed E-state index contributed by atoms with van der Waals surface area (Å²) < 4.78 is 7.98. The fraction of sp³-hybridized carbons (Fsp3) is 0.625. The van der Waals surface area contributed by atoms with Crippen molar-refractivity contribution in [3.63, 3.8) is 0 Å². The average Bonchev–Trinajstić information content (AvgIpc) is 3.64. The largest absolute Gasteiger partial charge is 0.378 e. The summed E-state index contributed by atoms with van der Waals surface area (Å²) in [6.45, 7) is 9.73. The van der Waals surface area contributed by atoms with E-state index in [1.165, 1.54) is 12.8 Å². The van der Waals surface area contributed by atoms with E-state index in [0.29, 0.717) is 30.9 Å². The first-order valence-electron chi connectivity index (χ1n) is 12.7. The Balaban J connectivity index is 1.53. The van der Waals surface area contributed by atoms with Crippen LogP contribution in [0.3, 0.4) is 0 Å². The van der Waals surface area contributed by atoms with Gasteiger partial charge in [-0.05, 0) is 25.7 Å². The lowest BCUT2D eigenvalue weighted by atomic mass is 10.2. The maximum absolute atomic E-state index is 5.64. The highest BCUT2D eigenvalue weighted by Gasteiger charge is 2.30. The van der Waals surface area contributed by atoms with Gasteiger partial charge in [-0.2, -0.15) is 0 Å². The molecule has 5 heterocycles. The van der Waals surface area contributed by atoms with E-state index in [9.17, 15) is 0 Å². The molecule has 0 amide bonds. The summed E-state index contributed by atoms with van der Waals surface area (Å²) in [4.78, 5) is 31.3. The van der Waals surface area contributed by atoms with Crippen LogP contribution in [0.2, 0.25) is 0 Å². The SMILES string of the molecule is Cc1nc(N(C)C)ncc1-c1nc(N2CCOCC2)c2nc(N3CCNCC3)n(CC3CC3)c2n1. The summed E-state index contributed by atoms with van der Waals surface area (Å²) in [5, 5.41) is 3.46. The summed E-state index contributed by atoms with van der Waals surface area (Å²) in [7, 11) is 3.89. The van der Waals surface area contributed by atoms with E-state index in [4.69, 9.17) is 24.7 Å². The minimum Gasteiger partial charge on any atom is -0.378 e. The van der Waals surface area contributed by atoms with Gasteiger partial charge in [0, 0.05) is 66.1 Å². The van der Waals surface area contributed by atoms with Crippen LogP contribution < -0.4 is 20.0 Å². The molecule has 1 N–H and O–H groups in total. The minimum atomic E-state index is 0.658. The molecular weight excluding hydrogens is 444 g/mol. The first-order chi connectivity index (χ1) is 17.1. The van der Waals surface area contributed by atoms with Gasteiger partial charge in [0.05, 0.1) is 24.5 Å². The Morgan fingerprint density at radius 2 is 1.77 bits per heavy atom. The minimum absolute atomic E-state index is 0.658. The number of hydrogen-bond donors (Lipinski definition) is 1. The number of ether oxygens (including phenoxy) is 1. The number of aryl methyl sites for hydroxylation is 1. The zero-order chi connectivity index (χ0) is 23.9. The van der Waals surface area contributed by atoms with Crippen molar-refractivity contribution in [3.8, 4) is 11.4 Å². The molecule has 2 saturated heterocycles. The van der Waals surface area contributed by atoms with Crippen molar-refractivity contribution in [2.24, 2.45) is 5.92 Å². The molecule has 35 heavy (non-hydrogen) atoms. The molecule has 3 aromatic rings. The molecule has 3 aromatic heterocycles. The highest BCUT2D eigenvalue weighted by molar-refractivity contribution is 5.88. The zero-order valence-electron chi connectivity index (χ0n) is 20.9. The lowest BCUT2D eigenvalue weighted by Gasteiger charge is -2.28. The van der Waals surface area contributed by atoms with Crippen LogP contribution in [0.4, 0.5) is 17.7 Å². The van der Waals surface area contributed by atoms with Gasteiger partial charge in [0.2, 0.25) is 11.9 Å². The van der Waals surface area contributed by atoms with Gasteiger partial charge in [-0.15, -0.1) is 0 Å². The van der Waals surface area contributed by atoms with Crippen molar-refractivity contribution in [2.75, 3.05) is 81.3 Å². The first-order valence-corrected chi connectivity index (χ1v) is 12.7. The molecule has 0 unspecified atom stereocenters. The van der Waals surface area contributed by atoms with Crippen LogP contribution in [0.15, 0.2) is 6.20 Å². The summed E-state index contributed by atoms with van der Waals surface area (Å²) in [5.41, 5.74) is 3.52. The van der Waals surface area contributed by atoms with Crippen molar-refractivity contribution in [3.05, 3.63) is 11.9 Å². The molecule has 11 heteroatoms. The van der Waals surface area contributed by atoms with Crippen molar-refractivity contribution < 1.29 is 4.74 Å². The van der Waals surface area contributed by atoms with Crippen LogP contribution in [0.25, 0.3) is 22.6 Å². The van der Waals surface area contributed by atoms with Crippen LogP contribution in [0, 0.1) is 12.8 Å². The van der Waals surface area contributed by atoms with E-state index in [2.05, 4.69) is 24.7 Å². The molecular formula is C24H34N10O. The average molecular weight is 479 g/mol.